The molecule has 2 fully saturated rings. The van der Waals surface area contributed by atoms with Gasteiger partial charge in [-0.1, -0.05) is 45.6 Å². The quantitative estimate of drug-likeness (QED) is 0.683. The molecule has 1 aromatic rings. The van der Waals surface area contributed by atoms with E-state index in [1.165, 1.54) is 80.3 Å². The second-order valence-electron chi connectivity index (χ2n) is 8.12. The van der Waals surface area contributed by atoms with Crippen molar-refractivity contribution in [3.05, 3.63) is 23.3 Å². The predicted molar refractivity (Wildman–Crippen MR) is 101 cm³/mol. The van der Waals surface area contributed by atoms with Crippen LogP contribution in [0.5, 0.6) is 0 Å². The second kappa shape index (κ2) is 7.59. The lowest BCUT2D eigenvalue weighted by atomic mass is 9.96. The fourth-order valence-electron chi connectivity index (χ4n) is 4.30. The van der Waals surface area contributed by atoms with Crippen molar-refractivity contribution >= 4 is 11.4 Å². The number of rotatable bonds is 6. The first-order valence-corrected chi connectivity index (χ1v) is 9.79. The molecule has 2 N–H and O–H groups in total. The molecule has 0 amide bonds. The Bertz CT molecular complexity index is 509. The summed E-state index contributed by atoms with van der Waals surface area (Å²) >= 11 is 0. The highest BCUT2D eigenvalue weighted by molar-refractivity contribution is 5.69. The number of anilines is 2. The van der Waals surface area contributed by atoms with E-state index in [2.05, 4.69) is 43.5 Å². The van der Waals surface area contributed by atoms with E-state index >= 15 is 0 Å². The molecule has 0 atom stereocenters. The lowest BCUT2D eigenvalue weighted by Gasteiger charge is -2.24. The third-order valence-electron chi connectivity index (χ3n) is 5.60. The van der Waals surface area contributed by atoms with Gasteiger partial charge in [-0.05, 0) is 62.1 Å². The molecule has 1 aromatic carbocycles. The van der Waals surface area contributed by atoms with E-state index in [0.717, 1.165) is 0 Å². The van der Waals surface area contributed by atoms with E-state index in [-0.39, 0.29) is 0 Å². The maximum atomic E-state index is 3.91. The zero-order valence-electron chi connectivity index (χ0n) is 15.3. The van der Waals surface area contributed by atoms with Gasteiger partial charge in [-0.3, -0.25) is 0 Å². The van der Waals surface area contributed by atoms with Gasteiger partial charge in [0, 0.05) is 23.5 Å². The zero-order valence-corrected chi connectivity index (χ0v) is 15.3. The Labute approximate surface area is 142 Å². The SMILES string of the molecule is Cc1c(NC2CCCC2)ccc(CC(C)C)c1NC1CCCC1. The molecule has 0 unspecified atom stereocenters. The van der Waals surface area contributed by atoms with Gasteiger partial charge < -0.3 is 10.6 Å². The molecule has 0 aromatic heterocycles. The minimum Gasteiger partial charge on any atom is -0.382 e. The molecule has 0 bridgehead atoms. The smallest absolute Gasteiger partial charge is 0.0425 e. The summed E-state index contributed by atoms with van der Waals surface area (Å²) in [6.45, 7) is 6.94. The first kappa shape index (κ1) is 16.7. The Balaban J connectivity index is 1.83. The van der Waals surface area contributed by atoms with Gasteiger partial charge in [0.1, 0.15) is 0 Å². The number of nitrogens with one attached hydrogen (secondary N) is 2. The van der Waals surface area contributed by atoms with Gasteiger partial charge in [0.15, 0.2) is 0 Å². The summed E-state index contributed by atoms with van der Waals surface area (Å²) in [5.41, 5.74) is 5.71. The lowest BCUT2D eigenvalue weighted by molar-refractivity contribution is 0.645. The van der Waals surface area contributed by atoms with Crippen molar-refractivity contribution in [2.24, 2.45) is 5.92 Å². The monoisotopic (exact) mass is 314 g/mol. The van der Waals surface area contributed by atoms with Crippen molar-refractivity contribution in [3.63, 3.8) is 0 Å². The fourth-order valence-corrected chi connectivity index (χ4v) is 4.30. The summed E-state index contributed by atoms with van der Waals surface area (Å²) in [4.78, 5) is 0. The average molecular weight is 315 g/mol. The van der Waals surface area contributed by atoms with Gasteiger partial charge in [-0.2, -0.15) is 0 Å². The van der Waals surface area contributed by atoms with Crippen molar-refractivity contribution in [3.8, 4) is 0 Å². The van der Waals surface area contributed by atoms with Crippen LogP contribution in [-0.4, -0.2) is 12.1 Å². The molecule has 2 saturated carbocycles. The van der Waals surface area contributed by atoms with Gasteiger partial charge in [0.05, 0.1) is 0 Å². The first-order chi connectivity index (χ1) is 11.1. The molecular formula is C21H34N2. The Morgan fingerprint density at radius 3 is 2.04 bits per heavy atom. The Kier molecular flexibility index (Phi) is 5.50. The summed E-state index contributed by atoms with van der Waals surface area (Å²) in [6.07, 6.45) is 12.0. The van der Waals surface area contributed by atoms with Crippen LogP contribution in [0.2, 0.25) is 0 Å². The van der Waals surface area contributed by atoms with Gasteiger partial charge in [-0.25, -0.2) is 0 Å². The maximum Gasteiger partial charge on any atom is 0.0425 e. The van der Waals surface area contributed by atoms with Crippen LogP contribution < -0.4 is 10.6 Å². The number of hydrogen-bond acceptors (Lipinski definition) is 2. The van der Waals surface area contributed by atoms with Crippen LogP contribution in [0.25, 0.3) is 0 Å². The van der Waals surface area contributed by atoms with Crippen molar-refractivity contribution < 1.29 is 0 Å². The van der Waals surface area contributed by atoms with E-state index in [9.17, 15) is 0 Å². The highest BCUT2D eigenvalue weighted by Crippen LogP contribution is 2.34. The van der Waals surface area contributed by atoms with Crippen molar-refractivity contribution in [1.82, 2.24) is 0 Å². The van der Waals surface area contributed by atoms with Crippen molar-refractivity contribution in [1.29, 1.82) is 0 Å². The number of benzene rings is 1. The van der Waals surface area contributed by atoms with Crippen LogP contribution in [0.4, 0.5) is 11.4 Å². The van der Waals surface area contributed by atoms with Crippen LogP contribution in [0.1, 0.15) is 76.3 Å². The van der Waals surface area contributed by atoms with Gasteiger partial charge in [0.25, 0.3) is 0 Å². The minimum absolute atomic E-state index is 0.682. The lowest BCUT2D eigenvalue weighted by Crippen LogP contribution is -2.20. The molecule has 0 radical (unpaired) electrons. The topological polar surface area (TPSA) is 24.1 Å². The molecular weight excluding hydrogens is 280 g/mol. The summed E-state index contributed by atoms with van der Waals surface area (Å²) in [6, 6.07) is 6.05. The van der Waals surface area contributed by atoms with Crippen LogP contribution in [0.3, 0.4) is 0 Å². The molecule has 128 valence electrons. The van der Waals surface area contributed by atoms with E-state index in [1.54, 1.807) is 0 Å². The summed E-state index contributed by atoms with van der Waals surface area (Å²) in [5, 5.41) is 7.72. The van der Waals surface area contributed by atoms with Gasteiger partial charge >= 0.3 is 0 Å². The summed E-state index contributed by atoms with van der Waals surface area (Å²) in [7, 11) is 0. The normalized spacial score (nSPS) is 19.7. The van der Waals surface area contributed by atoms with Crippen LogP contribution in [-0.2, 0) is 6.42 Å². The fraction of sp³-hybridized carbons (Fsp3) is 0.714. The molecule has 3 rings (SSSR count). The summed E-state index contributed by atoms with van der Waals surface area (Å²) < 4.78 is 0. The molecule has 23 heavy (non-hydrogen) atoms. The van der Waals surface area contributed by atoms with Crippen LogP contribution in [0, 0.1) is 12.8 Å². The zero-order chi connectivity index (χ0) is 16.2. The van der Waals surface area contributed by atoms with Crippen molar-refractivity contribution in [2.45, 2.75) is 90.6 Å². The Hall–Kier alpha value is -1.18. The second-order valence-corrected chi connectivity index (χ2v) is 8.12. The molecule has 0 saturated heterocycles. The molecule has 2 aliphatic rings. The number of hydrogen-bond donors (Lipinski definition) is 2. The van der Waals surface area contributed by atoms with Crippen molar-refractivity contribution in [2.75, 3.05) is 10.6 Å². The molecule has 2 heteroatoms. The highest BCUT2D eigenvalue weighted by atomic mass is 15.0. The van der Waals surface area contributed by atoms with E-state index in [1.807, 2.05) is 0 Å². The third-order valence-corrected chi connectivity index (χ3v) is 5.60. The summed E-state index contributed by atoms with van der Waals surface area (Å²) in [5.74, 6) is 0.701. The van der Waals surface area contributed by atoms with E-state index < -0.39 is 0 Å². The first-order valence-electron chi connectivity index (χ1n) is 9.79. The van der Waals surface area contributed by atoms with E-state index in [0.29, 0.717) is 18.0 Å². The Morgan fingerprint density at radius 1 is 0.913 bits per heavy atom. The molecule has 2 aliphatic carbocycles. The molecule has 0 heterocycles. The Morgan fingerprint density at radius 2 is 1.48 bits per heavy atom. The maximum absolute atomic E-state index is 3.91. The largest absolute Gasteiger partial charge is 0.382 e. The van der Waals surface area contributed by atoms with Crippen LogP contribution >= 0.6 is 0 Å². The van der Waals surface area contributed by atoms with Crippen LogP contribution in [0.15, 0.2) is 12.1 Å². The van der Waals surface area contributed by atoms with Gasteiger partial charge in [-0.15, -0.1) is 0 Å². The third kappa shape index (κ3) is 4.22. The standard InChI is InChI=1S/C21H34N2/c1-15(2)14-17-12-13-20(22-18-8-4-5-9-18)16(3)21(17)23-19-10-6-7-11-19/h12-13,15,18-19,22-23H,4-11,14H2,1-3H3. The van der Waals surface area contributed by atoms with E-state index in [4.69, 9.17) is 0 Å². The minimum atomic E-state index is 0.682. The molecule has 2 nitrogen and oxygen atoms in total. The van der Waals surface area contributed by atoms with Gasteiger partial charge in [0.2, 0.25) is 0 Å². The predicted octanol–water partition coefficient (Wildman–Crippen LogP) is 5.90. The average Bonchev–Trinajstić information content (AvgIpc) is 3.19. The molecule has 0 spiro atoms. The highest BCUT2D eigenvalue weighted by Gasteiger charge is 2.20. The molecule has 0 aliphatic heterocycles.